The maximum Gasteiger partial charge on any atom is 0.224 e. The van der Waals surface area contributed by atoms with E-state index in [4.69, 9.17) is 0 Å². The summed E-state index contributed by atoms with van der Waals surface area (Å²) in [7, 11) is 0. The summed E-state index contributed by atoms with van der Waals surface area (Å²) >= 11 is 0. The monoisotopic (exact) mass is 291 g/mol. The van der Waals surface area contributed by atoms with E-state index in [9.17, 15) is 9.59 Å². The first-order valence-electron chi connectivity index (χ1n) is 7.55. The highest BCUT2D eigenvalue weighted by Crippen LogP contribution is 2.55. The van der Waals surface area contributed by atoms with Crippen LogP contribution in [0.3, 0.4) is 0 Å². The smallest absolute Gasteiger partial charge is 0.224 e. The lowest BCUT2D eigenvalue weighted by molar-refractivity contribution is -0.116. The second-order valence-corrected chi connectivity index (χ2v) is 6.26. The molecule has 2 aromatic carbocycles. The third-order valence-corrected chi connectivity index (χ3v) is 5.00. The molecule has 0 spiro atoms. The number of Topliss-reactive ketones (excluding diaryl/α,β-unsaturated/α-hetero) is 1. The van der Waals surface area contributed by atoms with Crippen molar-refractivity contribution in [3.05, 3.63) is 64.2 Å². The van der Waals surface area contributed by atoms with Gasteiger partial charge in [0.25, 0.3) is 0 Å². The van der Waals surface area contributed by atoms with Crippen LogP contribution in [0.1, 0.15) is 51.5 Å². The lowest BCUT2D eigenvalue weighted by Gasteiger charge is -2.24. The Kier molecular flexibility index (Phi) is 2.59. The highest BCUT2D eigenvalue weighted by Gasteiger charge is 2.51. The van der Waals surface area contributed by atoms with Crippen LogP contribution in [0.25, 0.3) is 0 Å². The fourth-order valence-corrected chi connectivity index (χ4v) is 3.87. The molecule has 2 aliphatic rings. The van der Waals surface area contributed by atoms with Crippen LogP contribution >= 0.6 is 0 Å². The number of carbonyl (C=O) groups is 2. The molecule has 0 aromatic heterocycles. The van der Waals surface area contributed by atoms with Crippen molar-refractivity contribution in [2.45, 2.75) is 32.7 Å². The van der Waals surface area contributed by atoms with Crippen molar-refractivity contribution in [3.63, 3.8) is 0 Å². The summed E-state index contributed by atoms with van der Waals surface area (Å²) in [5.74, 6) is -0.133. The molecule has 3 nitrogen and oxygen atoms in total. The van der Waals surface area contributed by atoms with Crippen molar-refractivity contribution in [1.82, 2.24) is 0 Å². The first-order valence-corrected chi connectivity index (χ1v) is 7.55. The van der Waals surface area contributed by atoms with Crippen molar-refractivity contribution in [1.29, 1.82) is 0 Å². The number of hydrogen-bond acceptors (Lipinski definition) is 2. The SMILES string of the molecule is CC(=O)N1c2cc(C)c(C)cc2C2C(=O)c3ccccc3C21. The maximum absolute atomic E-state index is 12.9. The van der Waals surface area contributed by atoms with Gasteiger partial charge in [0, 0.05) is 18.2 Å². The molecular weight excluding hydrogens is 274 g/mol. The van der Waals surface area contributed by atoms with E-state index in [-0.39, 0.29) is 23.7 Å². The number of ketones is 1. The van der Waals surface area contributed by atoms with Crippen LogP contribution in [-0.2, 0) is 4.79 Å². The van der Waals surface area contributed by atoms with Gasteiger partial charge in [-0.15, -0.1) is 0 Å². The zero-order chi connectivity index (χ0) is 15.6. The largest absolute Gasteiger partial charge is 0.304 e. The summed E-state index contributed by atoms with van der Waals surface area (Å²) in [4.78, 5) is 26.9. The van der Waals surface area contributed by atoms with E-state index in [0.29, 0.717) is 0 Å². The molecule has 1 aliphatic heterocycles. The molecule has 0 fully saturated rings. The van der Waals surface area contributed by atoms with Crippen molar-refractivity contribution in [2.24, 2.45) is 0 Å². The number of rotatable bonds is 0. The highest BCUT2D eigenvalue weighted by molar-refractivity contribution is 6.12. The summed E-state index contributed by atoms with van der Waals surface area (Å²) in [5, 5.41) is 0. The fourth-order valence-electron chi connectivity index (χ4n) is 3.87. The second kappa shape index (κ2) is 4.29. The molecule has 1 amide bonds. The minimum absolute atomic E-state index is 0.0125. The molecule has 0 radical (unpaired) electrons. The Labute approximate surface area is 129 Å². The van der Waals surface area contributed by atoms with E-state index in [0.717, 1.165) is 33.5 Å². The van der Waals surface area contributed by atoms with Crippen molar-refractivity contribution < 1.29 is 9.59 Å². The predicted octanol–water partition coefficient (Wildman–Crippen LogP) is 3.69. The van der Waals surface area contributed by atoms with Gasteiger partial charge in [-0.2, -0.15) is 0 Å². The number of amides is 1. The van der Waals surface area contributed by atoms with Crippen LogP contribution in [0.15, 0.2) is 36.4 Å². The number of hydrogen-bond donors (Lipinski definition) is 0. The van der Waals surface area contributed by atoms with E-state index in [1.54, 1.807) is 11.8 Å². The van der Waals surface area contributed by atoms with Crippen LogP contribution in [0.4, 0.5) is 5.69 Å². The normalized spacial score (nSPS) is 21.6. The van der Waals surface area contributed by atoms with Gasteiger partial charge < -0.3 is 4.90 Å². The number of nitrogens with zero attached hydrogens (tertiary/aromatic N) is 1. The molecule has 2 unspecified atom stereocenters. The number of benzene rings is 2. The van der Waals surface area contributed by atoms with Gasteiger partial charge in [0.1, 0.15) is 0 Å². The van der Waals surface area contributed by atoms with Crippen molar-refractivity contribution >= 4 is 17.4 Å². The van der Waals surface area contributed by atoms with Crippen molar-refractivity contribution in [3.8, 4) is 0 Å². The van der Waals surface area contributed by atoms with E-state index in [1.807, 2.05) is 44.2 Å². The van der Waals surface area contributed by atoms with Crippen LogP contribution in [0.5, 0.6) is 0 Å². The molecule has 2 atom stereocenters. The minimum Gasteiger partial charge on any atom is -0.304 e. The van der Waals surface area contributed by atoms with Gasteiger partial charge in [0.2, 0.25) is 5.91 Å². The van der Waals surface area contributed by atoms with Gasteiger partial charge in [0.05, 0.1) is 12.0 Å². The molecule has 0 N–H and O–H groups in total. The van der Waals surface area contributed by atoms with Crippen LogP contribution in [0.2, 0.25) is 0 Å². The number of anilines is 1. The second-order valence-electron chi connectivity index (χ2n) is 6.26. The Morgan fingerprint density at radius 1 is 1.05 bits per heavy atom. The average Bonchev–Trinajstić information content (AvgIpc) is 2.95. The van der Waals surface area contributed by atoms with Crippen LogP contribution in [0, 0.1) is 13.8 Å². The quantitative estimate of drug-likeness (QED) is 0.742. The molecule has 0 bridgehead atoms. The Balaban J connectivity index is 2.01. The van der Waals surface area contributed by atoms with E-state index >= 15 is 0 Å². The van der Waals surface area contributed by atoms with Crippen molar-refractivity contribution in [2.75, 3.05) is 4.90 Å². The average molecular weight is 291 g/mol. The zero-order valence-electron chi connectivity index (χ0n) is 12.9. The molecule has 0 saturated heterocycles. The Morgan fingerprint density at radius 3 is 2.45 bits per heavy atom. The van der Waals surface area contributed by atoms with Gasteiger partial charge in [0.15, 0.2) is 5.78 Å². The van der Waals surface area contributed by atoms with Crippen LogP contribution in [-0.4, -0.2) is 11.7 Å². The van der Waals surface area contributed by atoms with E-state index in [1.165, 1.54) is 0 Å². The van der Waals surface area contributed by atoms with Crippen LogP contribution < -0.4 is 4.90 Å². The van der Waals surface area contributed by atoms with Gasteiger partial charge in [-0.25, -0.2) is 0 Å². The third kappa shape index (κ3) is 1.51. The van der Waals surface area contributed by atoms with Gasteiger partial charge in [-0.3, -0.25) is 9.59 Å². The molecule has 0 saturated carbocycles. The Morgan fingerprint density at radius 2 is 1.73 bits per heavy atom. The first kappa shape index (κ1) is 13.3. The third-order valence-electron chi connectivity index (χ3n) is 5.00. The molecule has 1 aliphatic carbocycles. The zero-order valence-corrected chi connectivity index (χ0v) is 12.9. The number of fused-ring (bicyclic) bond motifs is 5. The van der Waals surface area contributed by atoms with Gasteiger partial charge >= 0.3 is 0 Å². The first-order chi connectivity index (χ1) is 10.5. The minimum atomic E-state index is -0.254. The molecular formula is C19H17NO2. The van der Waals surface area contributed by atoms with Gasteiger partial charge in [-0.05, 0) is 42.2 Å². The molecule has 3 heteroatoms. The fraction of sp³-hybridized carbons (Fsp3) is 0.263. The lowest BCUT2D eigenvalue weighted by atomic mass is 9.92. The topological polar surface area (TPSA) is 37.4 Å². The molecule has 2 aromatic rings. The molecule has 4 rings (SSSR count). The molecule has 110 valence electrons. The summed E-state index contributed by atoms with van der Waals surface area (Å²) in [6.07, 6.45) is 0. The van der Waals surface area contributed by atoms with E-state index < -0.39 is 0 Å². The summed E-state index contributed by atoms with van der Waals surface area (Å²) in [6, 6.07) is 11.6. The maximum atomic E-state index is 12.9. The molecule has 1 heterocycles. The Hall–Kier alpha value is -2.42. The predicted molar refractivity (Wildman–Crippen MR) is 85.3 cm³/mol. The van der Waals surface area contributed by atoms with Gasteiger partial charge in [-0.1, -0.05) is 30.3 Å². The summed E-state index contributed by atoms with van der Waals surface area (Å²) < 4.78 is 0. The Bertz CT molecular complexity index is 835. The summed E-state index contributed by atoms with van der Waals surface area (Å²) in [5.41, 5.74) is 5.92. The number of carbonyl (C=O) groups excluding carboxylic acids is 2. The number of aryl methyl sites for hydroxylation is 2. The summed E-state index contributed by atoms with van der Waals surface area (Å²) in [6.45, 7) is 5.66. The lowest BCUT2D eigenvalue weighted by Crippen LogP contribution is -2.30. The molecule has 22 heavy (non-hydrogen) atoms. The highest BCUT2D eigenvalue weighted by atomic mass is 16.2. The van der Waals surface area contributed by atoms with E-state index in [2.05, 4.69) is 6.07 Å². The standard InChI is InChI=1S/C19H17NO2/c1-10-8-15-16(9-11(10)2)20(12(3)21)18-13-6-4-5-7-14(13)19(22)17(15)18/h4-9,17-18H,1-3H3.